The standard InChI is InChI=1S/C20H25N10O8PS2/c21-20-26-18-16(19(31)27-20)25-9-30(18)15-2-1-14(37-15)28-41(34,35)38-13-4-11(3-10(13)6-36-39(32,33)40)29-8-24-12-5-22-7-23-17(12)29/h5,7-11,13-15,28H,1-4,6H2,(H2,32,33,40)(H3,21,26,27,31)/t10-,11-,13+,14+,15-/m1/s1. The van der Waals surface area contributed by atoms with E-state index in [0.717, 1.165) is 0 Å². The third-order valence-corrected chi connectivity index (χ3v) is 8.86. The SMILES string of the molecule is Nc1nc2c(ncn2[C@H]2CC[C@@H](NS(=O)(=O)O[C@H]3C[C@H](n4cnc5cncnc54)C[C@@H]3COP(=O)(O)S)O2)c(=O)[nH]1. The summed E-state index contributed by atoms with van der Waals surface area (Å²) in [6.07, 6.45) is 4.63. The van der Waals surface area contributed by atoms with E-state index in [1.54, 1.807) is 17.1 Å². The lowest BCUT2D eigenvalue weighted by molar-refractivity contribution is -0.00317. The van der Waals surface area contributed by atoms with E-state index >= 15 is 0 Å². The number of H-pyrrole nitrogens is 1. The molecule has 18 nitrogen and oxygen atoms in total. The molecule has 0 radical (unpaired) electrons. The van der Waals surface area contributed by atoms with Crippen LogP contribution in [0.4, 0.5) is 5.95 Å². The van der Waals surface area contributed by atoms with E-state index in [1.165, 1.54) is 17.2 Å². The zero-order valence-electron chi connectivity index (χ0n) is 21.0. The Labute approximate surface area is 236 Å². The number of nitrogens with zero attached hydrogens (tertiary/aromatic N) is 7. The van der Waals surface area contributed by atoms with E-state index in [1.807, 2.05) is 0 Å². The van der Waals surface area contributed by atoms with Crippen molar-refractivity contribution in [1.29, 1.82) is 0 Å². The van der Waals surface area contributed by atoms with Gasteiger partial charge in [0.15, 0.2) is 16.8 Å². The maximum Gasteiger partial charge on any atom is 0.383 e. The van der Waals surface area contributed by atoms with Gasteiger partial charge in [0, 0.05) is 12.0 Å². The summed E-state index contributed by atoms with van der Waals surface area (Å²) >= 11 is 3.55. The quantitative estimate of drug-likeness (QED) is 0.124. The minimum atomic E-state index is -4.37. The Kier molecular flexibility index (Phi) is 7.35. The van der Waals surface area contributed by atoms with Gasteiger partial charge in [-0.15, -0.1) is 0 Å². The molecule has 41 heavy (non-hydrogen) atoms. The van der Waals surface area contributed by atoms with E-state index in [0.29, 0.717) is 30.4 Å². The number of ether oxygens (including phenoxy) is 1. The Morgan fingerprint density at radius 3 is 2.83 bits per heavy atom. The van der Waals surface area contributed by atoms with Crippen molar-refractivity contribution in [3.8, 4) is 0 Å². The third kappa shape index (κ3) is 6.00. The molecule has 6 atom stereocenters. The predicted octanol–water partition coefficient (Wildman–Crippen LogP) is 0.394. The van der Waals surface area contributed by atoms with Crippen molar-refractivity contribution < 1.29 is 31.3 Å². The molecule has 220 valence electrons. The van der Waals surface area contributed by atoms with Crippen LogP contribution in [0.2, 0.25) is 0 Å². The number of aromatic amines is 1. The van der Waals surface area contributed by atoms with Crippen molar-refractivity contribution in [2.24, 2.45) is 5.92 Å². The van der Waals surface area contributed by atoms with Crippen LogP contribution in [0.3, 0.4) is 0 Å². The van der Waals surface area contributed by atoms with E-state index in [4.69, 9.17) is 19.2 Å². The summed E-state index contributed by atoms with van der Waals surface area (Å²) < 4.78 is 60.0. The fourth-order valence-corrected chi connectivity index (χ4v) is 6.94. The molecule has 0 amide bonds. The van der Waals surface area contributed by atoms with Gasteiger partial charge in [-0.2, -0.15) is 18.1 Å². The van der Waals surface area contributed by atoms with Crippen LogP contribution in [0.25, 0.3) is 22.3 Å². The average Bonchev–Trinajstić information content (AvgIpc) is 3.67. The minimum Gasteiger partial charge on any atom is -0.369 e. The molecule has 5 N–H and O–H groups in total. The van der Waals surface area contributed by atoms with Gasteiger partial charge in [0.2, 0.25) is 5.95 Å². The Morgan fingerprint density at radius 2 is 2.02 bits per heavy atom. The number of hydrogen-bond acceptors (Lipinski definition) is 13. The summed E-state index contributed by atoms with van der Waals surface area (Å²) in [5.74, 6) is -0.666. The van der Waals surface area contributed by atoms with Crippen LogP contribution in [-0.2, 0) is 28.3 Å². The van der Waals surface area contributed by atoms with Gasteiger partial charge in [-0.25, -0.2) is 24.5 Å². The molecule has 1 unspecified atom stereocenters. The normalized spacial score (nSPS) is 26.6. The molecule has 0 aromatic carbocycles. The lowest BCUT2D eigenvalue weighted by atomic mass is 10.1. The molecule has 4 aromatic rings. The highest BCUT2D eigenvalue weighted by Crippen LogP contribution is 2.49. The Balaban J connectivity index is 1.16. The van der Waals surface area contributed by atoms with Gasteiger partial charge in [0.1, 0.15) is 24.3 Å². The molecule has 4 aromatic heterocycles. The maximum atomic E-state index is 13.1. The van der Waals surface area contributed by atoms with E-state index in [9.17, 15) is 22.7 Å². The summed E-state index contributed by atoms with van der Waals surface area (Å²) in [6.45, 7) is -4.38. The van der Waals surface area contributed by atoms with Gasteiger partial charge in [0.25, 0.3) is 5.56 Å². The molecule has 21 heteroatoms. The smallest absolute Gasteiger partial charge is 0.369 e. The molecule has 1 aliphatic heterocycles. The molecule has 0 spiro atoms. The highest BCUT2D eigenvalue weighted by Gasteiger charge is 2.41. The van der Waals surface area contributed by atoms with Crippen LogP contribution >= 0.6 is 19.0 Å². The van der Waals surface area contributed by atoms with Crippen molar-refractivity contribution in [1.82, 2.24) is 43.8 Å². The highest BCUT2D eigenvalue weighted by atomic mass is 32.7. The second kappa shape index (κ2) is 10.7. The fourth-order valence-electron chi connectivity index (χ4n) is 5.24. The molecule has 1 saturated heterocycles. The number of nitrogen functional groups attached to an aromatic ring is 1. The van der Waals surface area contributed by atoms with E-state index in [2.05, 4.69) is 46.9 Å². The number of aromatic nitrogens is 8. The Morgan fingerprint density at radius 1 is 1.22 bits per heavy atom. The van der Waals surface area contributed by atoms with Crippen LogP contribution in [0.15, 0.2) is 30.0 Å². The van der Waals surface area contributed by atoms with Gasteiger partial charge in [-0.05, 0) is 25.7 Å². The first kappa shape index (κ1) is 28.2. The Hall–Kier alpha value is -2.97. The van der Waals surface area contributed by atoms with Crippen molar-refractivity contribution in [3.63, 3.8) is 0 Å². The summed E-state index contributed by atoms with van der Waals surface area (Å²) in [5.41, 5.74) is 6.55. The molecule has 1 aliphatic carbocycles. The fraction of sp³-hybridized carbons (Fsp3) is 0.500. The largest absolute Gasteiger partial charge is 0.383 e. The molecule has 2 fully saturated rings. The van der Waals surface area contributed by atoms with Crippen molar-refractivity contribution in [2.75, 3.05) is 12.3 Å². The topological polar surface area (TPSA) is 244 Å². The zero-order valence-corrected chi connectivity index (χ0v) is 23.7. The van der Waals surface area contributed by atoms with Crippen LogP contribution in [0.1, 0.15) is 38.0 Å². The van der Waals surface area contributed by atoms with Gasteiger partial charge < -0.3 is 24.5 Å². The second-order valence-corrected chi connectivity index (χ2v) is 13.8. The molecule has 0 bridgehead atoms. The first-order valence-corrected chi connectivity index (χ1v) is 16.5. The number of hydrogen-bond donors (Lipinski definition) is 5. The number of nitrogens with one attached hydrogen (secondary N) is 2. The number of imidazole rings is 2. The number of thiol groups is 1. The maximum absolute atomic E-state index is 13.1. The van der Waals surface area contributed by atoms with Crippen LogP contribution in [-0.4, -0.2) is 71.3 Å². The number of nitrogens with two attached hydrogens (primary N) is 1. The molecule has 1 saturated carbocycles. The van der Waals surface area contributed by atoms with Crippen molar-refractivity contribution >= 4 is 57.6 Å². The summed E-state index contributed by atoms with van der Waals surface area (Å²) in [7, 11) is -4.37. The lowest BCUT2D eigenvalue weighted by Crippen LogP contribution is -2.39. The first-order chi connectivity index (χ1) is 19.5. The summed E-state index contributed by atoms with van der Waals surface area (Å²) in [4.78, 5) is 44.6. The number of rotatable bonds is 9. The molecular weight excluding hydrogens is 603 g/mol. The van der Waals surface area contributed by atoms with Crippen molar-refractivity contribution in [3.05, 3.63) is 35.5 Å². The highest BCUT2D eigenvalue weighted by molar-refractivity contribution is 8.44. The summed E-state index contributed by atoms with van der Waals surface area (Å²) in [5, 5.41) is 0. The van der Waals surface area contributed by atoms with Crippen LogP contribution in [0.5, 0.6) is 0 Å². The van der Waals surface area contributed by atoms with Gasteiger partial charge in [-0.1, -0.05) is 12.2 Å². The number of fused-ring (bicyclic) bond motifs is 2. The van der Waals surface area contributed by atoms with Gasteiger partial charge in [0.05, 0.1) is 31.6 Å². The molecular formula is C20H25N10O8PS2. The second-order valence-electron chi connectivity index (χ2n) is 9.69. The monoisotopic (exact) mass is 628 g/mol. The van der Waals surface area contributed by atoms with Gasteiger partial charge in [-0.3, -0.25) is 18.5 Å². The summed E-state index contributed by atoms with van der Waals surface area (Å²) in [6, 6.07) is -0.286. The lowest BCUT2D eigenvalue weighted by Gasteiger charge is -2.21. The van der Waals surface area contributed by atoms with E-state index < -0.39 is 47.1 Å². The average molecular weight is 629 g/mol. The molecule has 6 rings (SSSR count). The molecule has 5 heterocycles. The minimum absolute atomic E-state index is 0.0741. The Bertz CT molecular complexity index is 1810. The van der Waals surface area contributed by atoms with Crippen LogP contribution in [0, 0.1) is 5.92 Å². The first-order valence-electron chi connectivity index (χ1n) is 12.4. The number of anilines is 1. The molecule has 2 aliphatic rings. The van der Waals surface area contributed by atoms with Gasteiger partial charge >= 0.3 is 17.1 Å². The van der Waals surface area contributed by atoms with Crippen LogP contribution < -0.4 is 16.0 Å². The third-order valence-electron chi connectivity index (χ3n) is 6.98. The zero-order chi connectivity index (χ0) is 28.9. The van der Waals surface area contributed by atoms with Crippen molar-refractivity contribution in [2.45, 2.75) is 50.3 Å². The predicted molar refractivity (Wildman–Crippen MR) is 144 cm³/mol. The van der Waals surface area contributed by atoms with E-state index in [-0.39, 0.29) is 36.2 Å².